The molecule has 0 amide bonds. The molecule has 55 heavy (non-hydrogen) atoms. The molecule has 8 fully saturated rings. The molecule has 0 radical (unpaired) electrons. The van der Waals surface area contributed by atoms with Crippen LogP contribution in [0.4, 0.5) is 0 Å². The lowest BCUT2D eigenvalue weighted by molar-refractivity contribution is -0.0794. The molecule has 6 atom stereocenters. The molecule has 0 aliphatic heterocycles. The first-order valence-corrected chi connectivity index (χ1v) is 25.2. The Kier molecular flexibility index (Phi) is 8.25. The Morgan fingerprint density at radius 3 is 1.44 bits per heavy atom. The first-order valence-electron chi connectivity index (χ1n) is 21.5. The molecule has 0 saturated heterocycles. The van der Waals surface area contributed by atoms with Crippen LogP contribution in [-0.4, -0.2) is 20.3 Å². The van der Waals surface area contributed by atoms with Gasteiger partial charge < -0.3 is 0 Å². The first-order chi connectivity index (χ1) is 26.4. The number of pyridine rings is 2. The van der Waals surface area contributed by atoms with Crippen molar-refractivity contribution < 1.29 is 0 Å². The summed E-state index contributed by atoms with van der Waals surface area (Å²) in [5.41, 5.74) is 10.1. The van der Waals surface area contributed by atoms with E-state index >= 15 is 0 Å². The zero-order valence-corrected chi connectivity index (χ0v) is 36.4. The Labute approximate surface area is 334 Å². The van der Waals surface area contributed by atoms with E-state index in [-0.39, 0.29) is 0 Å². The molecule has 284 valence electrons. The summed E-state index contributed by atoms with van der Waals surface area (Å²) < 4.78 is 0. The van der Waals surface area contributed by atoms with E-state index in [0.717, 1.165) is 46.2 Å². The van der Waals surface area contributed by atoms with E-state index in [2.05, 4.69) is 125 Å². The Morgan fingerprint density at radius 2 is 0.964 bits per heavy atom. The van der Waals surface area contributed by atoms with Crippen LogP contribution in [-0.2, 0) is 6.16 Å². The van der Waals surface area contributed by atoms with E-state index in [4.69, 9.17) is 9.97 Å². The van der Waals surface area contributed by atoms with Crippen molar-refractivity contribution in [1.82, 2.24) is 9.97 Å². The molecule has 5 aromatic rings. The summed E-state index contributed by atoms with van der Waals surface area (Å²) in [6.45, 7) is 10.8. The number of benzene rings is 3. The second kappa shape index (κ2) is 12.6. The van der Waals surface area contributed by atoms with Crippen LogP contribution in [0.5, 0.6) is 0 Å². The van der Waals surface area contributed by atoms with E-state index in [1.807, 2.05) is 0 Å². The van der Waals surface area contributed by atoms with Gasteiger partial charge in [0.05, 0.1) is 21.9 Å². The highest BCUT2D eigenvalue weighted by Gasteiger charge is 2.63. The predicted octanol–water partition coefficient (Wildman–Crippen LogP) is 13.3. The summed E-state index contributed by atoms with van der Waals surface area (Å²) >= 11 is 0. The van der Waals surface area contributed by atoms with Gasteiger partial charge in [-0.2, -0.15) is 0 Å². The predicted molar refractivity (Wildman–Crippen MR) is 239 cm³/mol. The smallest absolute Gasteiger partial charge is 0.0709 e. The minimum absolute atomic E-state index is 0.522. The van der Waals surface area contributed by atoms with E-state index < -0.39 is 7.92 Å². The number of aromatic nitrogens is 2. The summed E-state index contributed by atoms with van der Waals surface area (Å²) in [5.74, 6) is 1.89. The molecule has 3 aromatic carbocycles. The Bertz CT molecular complexity index is 2140. The zero-order valence-electron chi connectivity index (χ0n) is 33.5. The van der Waals surface area contributed by atoms with E-state index in [1.165, 1.54) is 98.7 Å². The monoisotopic (exact) mass is 780 g/mol. The Balaban J connectivity index is 1.02. The van der Waals surface area contributed by atoms with Gasteiger partial charge in [-0.15, -0.1) is 17.2 Å². The summed E-state index contributed by atoms with van der Waals surface area (Å²) in [6.07, 6.45) is 18.8. The van der Waals surface area contributed by atoms with Crippen molar-refractivity contribution in [3.63, 3.8) is 0 Å². The van der Waals surface area contributed by atoms with Gasteiger partial charge in [0.1, 0.15) is 0 Å². The van der Waals surface area contributed by atoms with E-state index in [0.29, 0.717) is 37.4 Å². The molecule has 8 aliphatic carbocycles. The first kappa shape index (κ1) is 35.9. The molecule has 5 heteroatoms. The largest absolute Gasteiger partial charge is 0.248 e. The average Bonchev–Trinajstić information content (AvgIpc) is 3.10. The maximum absolute atomic E-state index is 5.42. The quantitative estimate of drug-likeness (QED) is 0.139. The molecule has 0 N–H and O–H groups in total. The molecule has 2 heterocycles. The average molecular weight is 781 g/mol. The van der Waals surface area contributed by atoms with Crippen molar-refractivity contribution in [2.75, 3.05) is 0 Å². The molecule has 0 spiro atoms. The highest BCUT2D eigenvalue weighted by atomic mass is 31.1. The molecular weight excluding hydrogens is 721 g/mol. The number of hydrogen-bond donors (Lipinski definition) is 0. The second-order valence-electron chi connectivity index (χ2n) is 21.6. The summed E-state index contributed by atoms with van der Waals surface area (Å²) in [5, 5.41) is 4.13. The zero-order chi connectivity index (χ0) is 37.3. The van der Waals surface area contributed by atoms with Gasteiger partial charge in [-0.25, -0.2) is 9.97 Å². The summed E-state index contributed by atoms with van der Waals surface area (Å²) in [4.78, 5) is 10.8. The molecule has 8 saturated carbocycles. The Morgan fingerprint density at radius 1 is 0.527 bits per heavy atom. The van der Waals surface area contributed by atoms with Gasteiger partial charge in [-0.05, 0) is 156 Å². The summed E-state index contributed by atoms with van der Waals surface area (Å²) in [6, 6.07) is 36.4. The highest BCUT2D eigenvalue weighted by molar-refractivity contribution is 7.71. The van der Waals surface area contributed by atoms with Crippen LogP contribution in [0.1, 0.15) is 121 Å². The van der Waals surface area contributed by atoms with Crippen LogP contribution in [0.2, 0.25) is 0 Å². The maximum Gasteiger partial charge on any atom is 0.0709 e. The van der Waals surface area contributed by atoms with E-state index in [9.17, 15) is 0 Å². The molecule has 8 bridgehead atoms. The van der Waals surface area contributed by atoms with Crippen LogP contribution >= 0.6 is 25.1 Å². The van der Waals surface area contributed by atoms with Crippen LogP contribution in [0, 0.1) is 33.5 Å². The lowest BCUT2D eigenvalue weighted by Gasteiger charge is -2.67. The van der Waals surface area contributed by atoms with Crippen LogP contribution < -0.4 is 10.9 Å². The van der Waals surface area contributed by atoms with Crippen LogP contribution in [0.15, 0.2) is 97.1 Å². The topological polar surface area (TPSA) is 25.8 Å². The normalized spacial score (nSPS) is 38.1. The molecule has 2 aromatic heterocycles. The van der Waals surface area contributed by atoms with E-state index in [1.54, 1.807) is 11.1 Å². The van der Waals surface area contributed by atoms with Gasteiger partial charge in [0, 0.05) is 30.3 Å². The fourth-order valence-corrected chi connectivity index (χ4v) is 25.1. The van der Waals surface area contributed by atoms with Gasteiger partial charge in [-0.3, -0.25) is 0 Å². The van der Waals surface area contributed by atoms with Gasteiger partial charge in [0.25, 0.3) is 0 Å². The summed E-state index contributed by atoms with van der Waals surface area (Å²) in [7, 11) is 1.24. The van der Waals surface area contributed by atoms with Gasteiger partial charge >= 0.3 is 0 Å². The number of hydrogen-bond acceptors (Lipinski definition) is 2. The highest BCUT2D eigenvalue weighted by Crippen LogP contribution is 2.78. The standard InChI is InChI=1S/C50H59N2P3/c1-45-21-34-22-46(2,28-45)31-49(25-34,30-45)53-44(54-50-26-35-23-47(3,32-50)29-48(4,24-35)33-50)39-14-8-5-13-38(39)27-55(42-19-17-36-11-6-9-15-40(36)51-42)43-20-18-37-12-7-10-16-41(37)52-43/h5-20,34-35,44,53-54H,21-33H2,1-4H3. The minimum atomic E-state index is -0.828. The fraction of sp³-hybridized carbons (Fsp3) is 0.520. The van der Waals surface area contributed by atoms with Crippen molar-refractivity contribution in [2.24, 2.45) is 33.5 Å². The van der Waals surface area contributed by atoms with Crippen molar-refractivity contribution in [1.29, 1.82) is 0 Å². The molecule has 6 unspecified atom stereocenters. The number of nitrogens with zero attached hydrogens (tertiary/aromatic N) is 2. The SMILES string of the molecule is CC12CC3CC(C)(C1)CC(PC(PC14CC5CC(C)(CC(C)(C5)C1)C4)c1ccccc1CP(c1ccc4ccccc4n1)c1ccc4ccccc4n1)(C3)C2. The maximum atomic E-state index is 5.42. The third-order valence-electron chi connectivity index (χ3n) is 15.6. The molecule has 8 aliphatic rings. The van der Waals surface area contributed by atoms with Crippen LogP contribution in [0.25, 0.3) is 21.8 Å². The second-order valence-corrected chi connectivity index (χ2v) is 28.1. The lowest BCUT2D eigenvalue weighted by atomic mass is 9.45. The number of para-hydroxylation sites is 2. The van der Waals surface area contributed by atoms with Crippen molar-refractivity contribution >= 4 is 57.8 Å². The third kappa shape index (κ3) is 6.47. The fourth-order valence-electron chi connectivity index (χ4n) is 15.8. The van der Waals surface area contributed by atoms with Gasteiger partial charge in [0.15, 0.2) is 0 Å². The molecule has 13 rings (SSSR count). The minimum Gasteiger partial charge on any atom is -0.248 e. The van der Waals surface area contributed by atoms with Crippen molar-refractivity contribution in [3.05, 3.63) is 108 Å². The van der Waals surface area contributed by atoms with Gasteiger partial charge in [0.2, 0.25) is 0 Å². The molecular formula is C50H59N2P3. The lowest BCUT2D eigenvalue weighted by Crippen LogP contribution is -2.57. The van der Waals surface area contributed by atoms with Crippen molar-refractivity contribution in [3.8, 4) is 0 Å². The number of rotatable bonds is 9. The Hall–Kier alpha value is -2.23. The third-order valence-corrected chi connectivity index (χ3v) is 22.2. The molecule has 2 nitrogen and oxygen atoms in total. The van der Waals surface area contributed by atoms with Crippen LogP contribution in [0.3, 0.4) is 0 Å². The van der Waals surface area contributed by atoms with Crippen molar-refractivity contribution in [2.45, 2.75) is 127 Å². The number of fused-ring (bicyclic) bond motifs is 2. The van der Waals surface area contributed by atoms with Gasteiger partial charge in [-0.1, -0.05) is 100 Å².